The monoisotopic (exact) mass is 286 g/mol. The first-order chi connectivity index (χ1) is 10.1. The summed E-state index contributed by atoms with van der Waals surface area (Å²) in [6.07, 6.45) is 1.31. The molecule has 0 aliphatic rings. The molecule has 0 saturated heterocycles. The molecule has 2 aromatic carbocycles. The molecule has 0 radical (unpaired) electrons. The van der Waals surface area contributed by atoms with Crippen LogP contribution in [0.15, 0.2) is 54.6 Å². The highest BCUT2D eigenvalue weighted by Gasteiger charge is 2.39. The van der Waals surface area contributed by atoms with Crippen LogP contribution in [0.5, 0.6) is 0 Å². The van der Waals surface area contributed by atoms with E-state index in [-0.39, 0.29) is 12.0 Å². The number of rotatable bonds is 6. The average molecular weight is 286 g/mol. The van der Waals surface area contributed by atoms with Gasteiger partial charge in [0, 0.05) is 5.56 Å². The van der Waals surface area contributed by atoms with E-state index < -0.39 is 11.6 Å². The topological polar surface area (TPSA) is 37.3 Å². The molecule has 1 unspecified atom stereocenters. The van der Waals surface area contributed by atoms with Gasteiger partial charge in [0.25, 0.3) is 0 Å². The van der Waals surface area contributed by atoms with Crippen LogP contribution in [0.3, 0.4) is 0 Å². The molecule has 2 aromatic rings. The summed E-state index contributed by atoms with van der Waals surface area (Å²) in [5.74, 6) is -1.41. The molecular formula is C18H19FO2. The second-order valence-electron chi connectivity index (χ2n) is 5.15. The fourth-order valence-electron chi connectivity index (χ4n) is 2.35. The Labute approximate surface area is 124 Å². The third kappa shape index (κ3) is 3.30. The minimum absolute atomic E-state index is 0.00349. The highest BCUT2D eigenvalue weighted by atomic mass is 19.1. The normalized spacial score (nSPS) is 13.6. The van der Waals surface area contributed by atoms with Gasteiger partial charge >= 0.3 is 5.97 Å². The third-order valence-electron chi connectivity index (χ3n) is 3.66. The molecule has 3 heteroatoms. The lowest BCUT2D eigenvalue weighted by Gasteiger charge is -2.21. The molecule has 0 aliphatic heterocycles. The first-order valence-electron chi connectivity index (χ1n) is 7.16. The number of carbonyl (C=O) groups is 1. The van der Waals surface area contributed by atoms with Crippen molar-refractivity contribution in [3.8, 4) is 11.1 Å². The fourth-order valence-corrected chi connectivity index (χ4v) is 2.35. The molecule has 2 rings (SSSR count). The SMILES string of the molecule is CCCCC(F)(C(=O)O)c1ccc(-c2ccccc2)cc1. The highest BCUT2D eigenvalue weighted by Crippen LogP contribution is 2.33. The highest BCUT2D eigenvalue weighted by molar-refractivity contribution is 5.79. The van der Waals surface area contributed by atoms with Gasteiger partial charge in [-0.05, 0) is 24.0 Å². The van der Waals surface area contributed by atoms with Crippen molar-refractivity contribution in [2.75, 3.05) is 0 Å². The summed E-state index contributed by atoms with van der Waals surface area (Å²) < 4.78 is 14.8. The Hall–Kier alpha value is -2.16. The predicted octanol–water partition coefficient (Wildman–Crippen LogP) is 4.79. The van der Waals surface area contributed by atoms with Gasteiger partial charge in [0.1, 0.15) is 0 Å². The first kappa shape index (κ1) is 15.2. The summed E-state index contributed by atoms with van der Waals surface area (Å²) in [7, 11) is 0. The van der Waals surface area contributed by atoms with Crippen LogP contribution in [-0.4, -0.2) is 11.1 Å². The van der Waals surface area contributed by atoms with Gasteiger partial charge in [-0.25, -0.2) is 9.18 Å². The summed E-state index contributed by atoms with van der Waals surface area (Å²) in [5, 5.41) is 9.22. The molecule has 2 nitrogen and oxygen atoms in total. The molecule has 1 atom stereocenters. The number of halogens is 1. The zero-order valence-corrected chi connectivity index (χ0v) is 12.1. The van der Waals surface area contributed by atoms with Crippen LogP contribution in [0.1, 0.15) is 31.7 Å². The first-order valence-corrected chi connectivity index (χ1v) is 7.16. The molecule has 0 amide bonds. The van der Waals surface area contributed by atoms with E-state index >= 15 is 0 Å². The second-order valence-corrected chi connectivity index (χ2v) is 5.15. The largest absolute Gasteiger partial charge is 0.479 e. The number of hydrogen-bond donors (Lipinski definition) is 1. The molecule has 0 bridgehead atoms. The number of alkyl halides is 1. The maximum absolute atomic E-state index is 14.8. The van der Waals surface area contributed by atoms with E-state index in [4.69, 9.17) is 0 Å². The Morgan fingerprint density at radius 1 is 1.05 bits per heavy atom. The van der Waals surface area contributed by atoms with Crippen molar-refractivity contribution < 1.29 is 14.3 Å². The standard InChI is InChI=1S/C18H19FO2/c1-2-3-13-18(19,17(20)21)16-11-9-15(10-12-16)14-7-5-4-6-8-14/h4-12H,2-3,13H2,1H3,(H,20,21). The van der Waals surface area contributed by atoms with Crippen LogP contribution >= 0.6 is 0 Å². The lowest BCUT2D eigenvalue weighted by atomic mass is 9.89. The minimum Gasteiger partial charge on any atom is -0.479 e. The smallest absolute Gasteiger partial charge is 0.346 e. The molecular weight excluding hydrogens is 267 g/mol. The van der Waals surface area contributed by atoms with E-state index in [2.05, 4.69) is 0 Å². The van der Waals surface area contributed by atoms with Gasteiger partial charge in [-0.1, -0.05) is 67.9 Å². The Kier molecular flexibility index (Phi) is 4.73. The van der Waals surface area contributed by atoms with Crippen molar-refractivity contribution >= 4 is 5.97 Å². The number of benzene rings is 2. The lowest BCUT2D eigenvalue weighted by Crippen LogP contribution is -2.30. The van der Waals surface area contributed by atoms with E-state index in [0.29, 0.717) is 6.42 Å². The van der Waals surface area contributed by atoms with E-state index in [1.165, 1.54) is 0 Å². The number of aliphatic carboxylic acids is 1. The molecule has 1 N–H and O–H groups in total. The van der Waals surface area contributed by atoms with Gasteiger partial charge in [-0.2, -0.15) is 0 Å². The lowest BCUT2D eigenvalue weighted by molar-refractivity contribution is -0.152. The molecule has 0 aliphatic carbocycles. The van der Waals surface area contributed by atoms with E-state index in [1.807, 2.05) is 37.3 Å². The fraction of sp³-hybridized carbons (Fsp3) is 0.278. The van der Waals surface area contributed by atoms with Gasteiger partial charge in [0.2, 0.25) is 5.67 Å². The van der Waals surface area contributed by atoms with E-state index in [9.17, 15) is 14.3 Å². The molecule has 0 aromatic heterocycles. The van der Waals surface area contributed by atoms with Crippen molar-refractivity contribution in [3.05, 3.63) is 60.2 Å². The van der Waals surface area contributed by atoms with Crippen molar-refractivity contribution in [2.24, 2.45) is 0 Å². The van der Waals surface area contributed by atoms with Crippen LogP contribution in [-0.2, 0) is 10.5 Å². The summed E-state index contributed by atoms with van der Waals surface area (Å²) in [6, 6.07) is 16.4. The number of hydrogen-bond acceptors (Lipinski definition) is 1. The number of unbranched alkanes of at least 4 members (excludes halogenated alkanes) is 1. The predicted molar refractivity (Wildman–Crippen MR) is 81.8 cm³/mol. The van der Waals surface area contributed by atoms with Gasteiger partial charge in [0.05, 0.1) is 0 Å². The van der Waals surface area contributed by atoms with Crippen molar-refractivity contribution in [3.63, 3.8) is 0 Å². The van der Waals surface area contributed by atoms with Crippen molar-refractivity contribution in [1.29, 1.82) is 0 Å². The van der Waals surface area contributed by atoms with Gasteiger partial charge in [-0.15, -0.1) is 0 Å². The zero-order chi connectivity index (χ0) is 15.3. The Balaban J connectivity index is 2.30. The van der Waals surface area contributed by atoms with Gasteiger partial charge in [0.15, 0.2) is 0 Å². The van der Waals surface area contributed by atoms with Crippen LogP contribution < -0.4 is 0 Å². The van der Waals surface area contributed by atoms with Crippen LogP contribution in [0, 0.1) is 0 Å². The van der Waals surface area contributed by atoms with Gasteiger partial charge < -0.3 is 5.11 Å². The number of carboxylic acid groups (broad SMARTS) is 1. The van der Waals surface area contributed by atoms with Crippen molar-refractivity contribution in [1.82, 2.24) is 0 Å². The average Bonchev–Trinajstić information content (AvgIpc) is 2.53. The Morgan fingerprint density at radius 3 is 2.14 bits per heavy atom. The molecule has 21 heavy (non-hydrogen) atoms. The Bertz CT molecular complexity index is 592. The molecule has 0 heterocycles. The molecule has 0 fully saturated rings. The summed E-state index contributed by atoms with van der Waals surface area (Å²) in [6.45, 7) is 1.92. The van der Waals surface area contributed by atoms with Crippen LogP contribution in [0.25, 0.3) is 11.1 Å². The molecule has 110 valence electrons. The second kappa shape index (κ2) is 6.53. The van der Waals surface area contributed by atoms with Crippen molar-refractivity contribution in [2.45, 2.75) is 31.9 Å². The maximum atomic E-state index is 14.8. The quantitative estimate of drug-likeness (QED) is 0.828. The van der Waals surface area contributed by atoms with E-state index in [1.54, 1.807) is 24.3 Å². The number of carboxylic acids is 1. The van der Waals surface area contributed by atoms with Crippen LogP contribution in [0.4, 0.5) is 4.39 Å². The van der Waals surface area contributed by atoms with Gasteiger partial charge in [-0.3, -0.25) is 0 Å². The summed E-state index contributed by atoms with van der Waals surface area (Å²) in [5.41, 5.74) is -0.117. The van der Waals surface area contributed by atoms with E-state index in [0.717, 1.165) is 17.5 Å². The summed E-state index contributed by atoms with van der Waals surface area (Å²) in [4.78, 5) is 11.3. The maximum Gasteiger partial charge on any atom is 0.346 e. The van der Waals surface area contributed by atoms with Crippen LogP contribution in [0.2, 0.25) is 0 Å². The Morgan fingerprint density at radius 2 is 1.62 bits per heavy atom. The molecule has 0 saturated carbocycles. The minimum atomic E-state index is -2.30. The molecule has 0 spiro atoms. The zero-order valence-electron chi connectivity index (χ0n) is 12.1. The summed E-state index contributed by atoms with van der Waals surface area (Å²) >= 11 is 0. The third-order valence-corrected chi connectivity index (χ3v) is 3.66.